The summed E-state index contributed by atoms with van der Waals surface area (Å²) in [5.74, 6) is -3.65. The molecule has 0 saturated carbocycles. The largest absolute Gasteiger partial charge is 0.469 e. The third-order valence-corrected chi connectivity index (χ3v) is 6.85. The Morgan fingerprint density at radius 2 is 1.79 bits per heavy atom. The van der Waals surface area contributed by atoms with E-state index >= 15 is 4.39 Å². The number of carbonyl (C=O) groups is 1. The molecular formula is C15H17F3NO8PS. The van der Waals surface area contributed by atoms with E-state index < -0.39 is 83.7 Å². The van der Waals surface area contributed by atoms with Crippen molar-refractivity contribution in [3.8, 4) is 0 Å². The lowest BCUT2D eigenvalue weighted by atomic mass is 9.89. The van der Waals surface area contributed by atoms with E-state index in [1.54, 1.807) is 0 Å². The number of halogens is 3. The Hall–Kier alpha value is -1.66. The molecule has 29 heavy (non-hydrogen) atoms. The summed E-state index contributed by atoms with van der Waals surface area (Å²) in [6.45, 7) is -0.951. The van der Waals surface area contributed by atoms with Crippen molar-refractivity contribution in [1.82, 2.24) is 0 Å². The second kappa shape index (κ2) is 7.55. The molecule has 0 aromatic heterocycles. The van der Waals surface area contributed by atoms with Crippen LogP contribution in [0.1, 0.15) is 18.4 Å². The van der Waals surface area contributed by atoms with E-state index in [2.05, 4.69) is 4.52 Å². The first-order chi connectivity index (χ1) is 13.3. The molecule has 1 aromatic rings. The Morgan fingerprint density at radius 3 is 2.31 bits per heavy atom. The number of carbonyl (C=O) groups excluding carboxylic acids is 1. The summed E-state index contributed by atoms with van der Waals surface area (Å²) >= 11 is 0. The number of benzene rings is 1. The highest BCUT2D eigenvalue weighted by Crippen LogP contribution is 2.42. The van der Waals surface area contributed by atoms with Gasteiger partial charge in [-0.1, -0.05) is 0 Å². The molecular weight excluding hydrogens is 442 g/mol. The van der Waals surface area contributed by atoms with Crippen LogP contribution >= 0.6 is 7.82 Å². The SMILES string of the molecule is O=C1O[C@@H](COP(=O)(O)O)CN1c1cc(F)c(C2(F)CCS(=O)(=O)CC2)c(F)c1. The third kappa shape index (κ3) is 4.92. The minimum absolute atomic E-state index is 0.292. The van der Waals surface area contributed by atoms with Crippen molar-refractivity contribution in [2.75, 3.05) is 29.6 Å². The summed E-state index contributed by atoms with van der Waals surface area (Å²) in [5.41, 5.74) is -3.69. The number of amides is 1. The monoisotopic (exact) mass is 459 g/mol. The molecule has 9 nitrogen and oxygen atoms in total. The minimum Gasteiger partial charge on any atom is -0.441 e. The van der Waals surface area contributed by atoms with Gasteiger partial charge in [-0.05, 0) is 25.0 Å². The number of nitrogens with zero attached hydrogens (tertiary/aromatic N) is 1. The van der Waals surface area contributed by atoms with Crippen LogP contribution in [0.15, 0.2) is 12.1 Å². The molecule has 0 spiro atoms. The molecule has 2 heterocycles. The zero-order valence-electron chi connectivity index (χ0n) is 14.8. The van der Waals surface area contributed by atoms with Gasteiger partial charge in [-0.3, -0.25) is 9.42 Å². The number of anilines is 1. The van der Waals surface area contributed by atoms with Crippen molar-refractivity contribution in [2.45, 2.75) is 24.6 Å². The van der Waals surface area contributed by atoms with Gasteiger partial charge in [-0.15, -0.1) is 0 Å². The smallest absolute Gasteiger partial charge is 0.441 e. The van der Waals surface area contributed by atoms with Crippen molar-refractivity contribution in [1.29, 1.82) is 0 Å². The third-order valence-electron chi connectivity index (χ3n) is 4.71. The van der Waals surface area contributed by atoms with E-state index in [0.717, 1.165) is 17.0 Å². The predicted molar refractivity (Wildman–Crippen MR) is 92.6 cm³/mol. The van der Waals surface area contributed by atoms with Crippen molar-refractivity contribution in [2.24, 2.45) is 0 Å². The summed E-state index contributed by atoms with van der Waals surface area (Å²) in [7, 11) is -8.26. The van der Waals surface area contributed by atoms with E-state index in [9.17, 15) is 26.6 Å². The first-order valence-corrected chi connectivity index (χ1v) is 11.7. The average Bonchev–Trinajstić information content (AvgIpc) is 2.96. The Balaban J connectivity index is 1.81. The lowest BCUT2D eigenvalue weighted by Crippen LogP contribution is -2.35. The second-order valence-electron chi connectivity index (χ2n) is 6.80. The number of rotatable bonds is 5. The van der Waals surface area contributed by atoms with Gasteiger partial charge in [0, 0.05) is 0 Å². The molecule has 0 radical (unpaired) electrons. The van der Waals surface area contributed by atoms with Crippen LogP contribution in [-0.4, -0.2) is 55.1 Å². The lowest BCUT2D eigenvalue weighted by molar-refractivity contribution is 0.0880. The molecule has 2 fully saturated rings. The van der Waals surface area contributed by atoms with E-state index in [1.165, 1.54) is 0 Å². The maximum absolute atomic E-state index is 15.1. The molecule has 1 atom stereocenters. The standard InChI is InChI=1S/C15H17F3NO8PS/c16-11-5-9(19-7-10(27-14(19)20)8-26-28(21,22)23)6-12(17)13(11)15(18)1-3-29(24,25)4-2-15/h5-6,10H,1-4,7-8H2,(H2,21,22,23)/t10-/m1/s1. The number of hydrogen-bond acceptors (Lipinski definition) is 6. The van der Waals surface area contributed by atoms with Gasteiger partial charge in [0.25, 0.3) is 0 Å². The molecule has 0 aliphatic carbocycles. The molecule has 2 N–H and O–H groups in total. The van der Waals surface area contributed by atoms with Gasteiger partial charge in [0.2, 0.25) is 0 Å². The van der Waals surface area contributed by atoms with Gasteiger partial charge in [0.15, 0.2) is 9.84 Å². The highest BCUT2D eigenvalue weighted by Gasteiger charge is 2.43. The van der Waals surface area contributed by atoms with Crippen molar-refractivity contribution in [3.05, 3.63) is 29.3 Å². The van der Waals surface area contributed by atoms with Crippen LogP contribution in [0.5, 0.6) is 0 Å². The Kier molecular flexibility index (Phi) is 5.73. The zero-order valence-corrected chi connectivity index (χ0v) is 16.5. The van der Waals surface area contributed by atoms with Crippen LogP contribution in [0.4, 0.5) is 23.7 Å². The lowest BCUT2D eigenvalue weighted by Gasteiger charge is -2.30. The average molecular weight is 459 g/mol. The fraction of sp³-hybridized carbons (Fsp3) is 0.533. The van der Waals surface area contributed by atoms with Crippen molar-refractivity contribution >= 4 is 29.4 Å². The summed E-state index contributed by atoms with van der Waals surface area (Å²) < 4.78 is 87.0. The molecule has 14 heteroatoms. The summed E-state index contributed by atoms with van der Waals surface area (Å²) in [5, 5.41) is 0. The molecule has 2 aliphatic heterocycles. The molecule has 3 rings (SSSR count). The first kappa shape index (κ1) is 22.0. The van der Waals surface area contributed by atoms with Crippen LogP contribution < -0.4 is 4.90 Å². The zero-order chi connectivity index (χ0) is 21.6. The highest BCUT2D eigenvalue weighted by molar-refractivity contribution is 7.91. The van der Waals surface area contributed by atoms with Crippen LogP contribution in [0.3, 0.4) is 0 Å². The number of phosphoric ester groups is 1. The Morgan fingerprint density at radius 1 is 1.24 bits per heavy atom. The normalized spacial score (nSPS) is 23.8. The van der Waals surface area contributed by atoms with Gasteiger partial charge >= 0.3 is 13.9 Å². The topological polar surface area (TPSA) is 130 Å². The quantitative estimate of drug-likeness (QED) is 0.638. The number of alkyl halides is 1. The molecule has 2 saturated heterocycles. The maximum Gasteiger partial charge on any atom is 0.469 e. The minimum atomic E-state index is -4.80. The molecule has 0 bridgehead atoms. The molecule has 1 aromatic carbocycles. The Bertz CT molecular complexity index is 945. The van der Waals surface area contributed by atoms with Gasteiger partial charge in [-0.2, -0.15) is 0 Å². The summed E-state index contributed by atoms with van der Waals surface area (Å²) in [6.07, 6.45) is -3.31. The van der Waals surface area contributed by atoms with E-state index in [-0.39, 0.29) is 12.2 Å². The summed E-state index contributed by atoms with van der Waals surface area (Å²) in [4.78, 5) is 30.1. The van der Waals surface area contributed by atoms with Crippen molar-refractivity contribution < 1.29 is 50.0 Å². The number of phosphoric acid groups is 1. The number of sulfone groups is 1. The summed E-state index contributed by atoms with van der Waals surface area (Å²) in [6, 6.07) is 1.44. The van der Waals surface area contributed by atoms with E-state index in [4.69, 9.17) is 14.5 Å². The van der Waals surface area contributed by atoms with Gasteiger partial charge in [0.1, 0.15) is 23.4 Å². The number of hydrogen-bond donors (Lipinski definition) is 2. The maximum atomic E-state index is 15.1. The molecule has 1 amide bonds. The van der Waals surface area contributed by atoms with Crippen LogP contribution in [0, 0.1) is 11.6 Å². The number of cyclic esters (lactones) is 1. The van der Waals surface area contributed by atoms with Gasteiger partial charge in [-0.25, -0.2) is 30.9 Å². The van der Waals surface area contributed by atoms with Crippen LogP contribution in [0.25, 0.3) is 0 Å². The van der Waals surface area contributed by atoms with Crippen LogP contribution in [-0.2, 0) is 29.3 Å². The van der Waals surface area contributed by atoms with Crippen LogP contribution in [0.2, 0.25) is 0 Å². The van der Waals surface area contributed by atoms with Crippen molar-refractivity contribution in [3.63, 3.8) is 0 Å². The Labute approximate surface area is 163 Å². The number of ether oxygens (including phenoxy) is 1. The fourth-order valence-electron chi connectivity index (χ4n) is 3.25. The molecule has 0 unspecified atom stereocenters. The van der Waals surface area contributed by atoms with E-state index in [1.807, 2.05) is 0 Å². The predicted octanol–water partition coefficient (Wildman–Crippen LogP) is 1.77. The van der Waals surface area contributed by atoms with Gasteiger partial charge < -0.3 is 14.5 Å². The second-order valence-corrected chi connectivity index (χ2v) is 10.3. The van der Waals surface area contributed by atoms with E-state index in [0.29, 0.717) is 0 Å². The molecule has 162 valence electrons. The highest BCUT2D eigenvalue weighted by atomic mass is 32.2. The van der Waals surface area contributed by atoms with Gasteiger partial charge in [0.05, 0.1) is 35.9 Å². The fourth-order valence-corrected chi connectivity index (χ4v) is 5.09. The molecule has 2 aliphatic rings. The first-order valence-electron chi connectivity index (χ1n) is 8.37.